The van der Waals surface area contributed by atoms with Crippen LogP contribution in [0.5, 0.6) is 0 Å². The lowest BCUT2D eigenvalue weighted by Gasteiger charge is -2.23. The molecule has 3 rings (SSSR count). The van der Waals surface area contributed by atoms with E-state index in [-0.39, 0.29) is 18.6 Å². The Morgan fingerprint density at radius 2 is 2.04 bits per heavy atom. The molecule has 1 fully saturated rings. The molecule has 0 spiro atoms. The van der Waals surface area contributed by atoms with Crippen molar-refractivity contribution in [2.24, 2.45) is 5.92 Å². The molecule has 2 amide bonds. The second-order valence-electron chi connectivity index (χ2n) is 6.80. The van der Waals surface area contributed by atoms with Gasteiger partial charge in [-0.3, -0.25) is 0 Å². The molecule has 1 aliphatic carbocycles. The summed E-state index contributed by atoms with van der Waals surface area (Å²) in [5.41, 5.74) is 1.09. The zero-order valence-electron chi connectivity index (χ0n) is 14.1. The van der Waals surface area contributed by atoms with E-state index in [1.807, 2.05) is 6.92 Å². The maximum atomic E-state index is 12.3. The summed E-state index contributed by atoms with van der Waals surface area (Å²) in [6.07, 6.45) is 3.76. The molecular weight excluding hydrogens is 304 g/mol. The smallest absolute Gasteiger partial charge is 0.315 e. The van der Waals surface area contributed by atoms with Crippen LogP contribution < -0.4 is 10.6 Å². The molecule has 5 nitrogen and oxygen atoms in total. The summed E-state index contributed by atoms with van der Waals surface area (Å²) in [6, 6.07) is 11.4. The third-order valence-electron chi connectivity index (χ3n) is 4.46. The average Bonchev–Trinajstić information content (AvgIpc) is 3.24. The molecular formula is C19H24N2O3. The zero-order valence-corrected chi connectivity index (χ0v) is 14.1. The van der Waals surface area contributed by atoms with Gasteiger partial charge in [0.05, 0.1) is 18.8 Å². The van der Waals surface area contributed by atoms with Crippen LogP contribution in [0.25, 0.3) is 0 Å². The number of hydrogen-bond donors (Lipinski definition) is 3. The van der Waals surface area contributed by atoms with Crippen LogP contribution in [-0.2, 0) is 5.60 Å². The number of rotatable bonds is 6. The van der Waals surface area contributed by atoms with E-state index in [4.69, 9.17) is 4.42 Å². The van der Waals surface area contributed by atoms with Crippen molar-refractivity contribution in [3.8, 4) is 0 Å². The molecule has 2 atom stereocenters. The van der Waals surface area contributed by atoms with Gasteiger partial charge in [-0.1, -0.05) is 29.8 Å². The number of carbonyl (C=O) groups excluding carboxylic acids is 1. The average molecular weight is 328 g/mol. The molecule has 1 aliphatic rings. The quantitative estimate of drug-likeness (QED) is 0.762. The van der Waals surface area contributed by atoms with Crippen LogP contribution in [0.2, 0.25) is 0 Å². The summed E-state index contributed by atoms with van der Waals surface area (Å²) < 4.78 is 5.22. The lowest BCUT2D eigenvalue weighted by molar-refractivity contribution is 0.0366. The molecule has 0 bridgehead atoms. The van der Waals surface area contributed by atoms with Crippen LogP contribution in [0.3, 0.4) is 0 Å². The number of carbonyl (C=O) groups is 1. The molecule has 24 heavy (non-hydrogen) atoms. The number of aryl methyl sites for hydroxylation is 1. The third kappa shape index (κ3) is 3.97. The van der Waals surface area contributed by atoms with Gasteiger partial charge in [0.15, 0.2) is 0 Å². The molecule has 0 aliphatic heterocycles. The summed E-state index contributed by atoms with van der Waals surface area (Å²) in [5.74, 6) is 0.920. The molecule has 1 aromatic carbocycles. The minimum absolute atomic E-state index is 0.0131. The molecule has 0 saturated heterocycles. The minimum Gasteiger partial charge on any atom is -0.466 e. The standard InChI is InChI=1S/C19H24N2O3/c1-13-5-7-14(8-6-13)17(15-9-10-15)21-18(22)20-12-19(2,23)16-4-3-11-24-16/h3-8,11,15,17,23H,9-10,12H2,1-2H3,(H2,20,21,22). The van der Waals surface area contributed by atoms with Gasteiger partial charge < -0.3 is 20.2 Å². The first-order valence-corrected chi connectivity index (χ1v) is 8.33. The Kier molecular flexibility index (Phi) is 4.62. The lowest BCUT2D eigenvalue weighted by Crippen LogP contribution is -2.44. The minimum atomic E-state index is -1.24. The Hall–Kier alpha value is -2.27. The summed E-state index contributed by atoms with van der Waals surface area (Å²) in [6.45, 7) is 3.74. The molecule has 2 unspecified atom stereocenters. The first-order chi connectivity index (χ1) is 11.5. The van der Waals surface area contributed by atoms with Crippen LogP contribution in [0.4, 0.5) is 4.79 Å². The maximum absolute atomic E-state index is 12.3. The first-order valence-electron chi connectivity index (χ1n) is 8.33. The summed E-state index contributed by atoms with van der Waals surface area (Å²) >= 11 is 0. The van der Waals surface area contributed by atoms with Crippen LogP contribution in [0.1, 0.15) is 42.7 Å². The second-order valence-corrected chi connectivity index (χ2v) is 6.80. The van der Waals surface area contributed by atoms with Gasteiger partial charge in [0.1, 0.15) is 11.4 Å². The summed E-state index contributed by atoms with van der Waals surface area (Å²) in [4.78, 5) is 12.3. The number of amides is 2. The van der Waals surface area contributed by atoms with Gasteiger partial charge in [0.2, 0.25) is 0 Å². The molecule has 3 N–H and O–H groups in total. The monoisotopic (exact) mass is 328 g/mol. The van der Waals surface area contributed by atoms with E-state index < -0.39 is 5.60 Å². The highest BCUT2D eigenvalue weighted by atomic mass is 16.4. The van der Waals surface area contributed by atoms with Crippen molar-refractivity contribution in [1.29, 1.82) is 0 Å². The van der Waals surface area contributed by atoms with Crippen LogP contribution in [0.15, 0.2) is 47.1 Å². The van der Waals surface area contributed by atoms with Gasteiger partial charge in [-0.05, 0) is 50.3 Å². The van der Waals surface area contributed by atoms with Crippen molar-refractivity contribution in [3.63, 3.8) is 0 Å². The first kappa shape index (κ1) is 16.6. The molecule has 0 radical (unpaired) electrons. The topological polar surface area (TPSA) is 74.5 Å². The number of furan rings is 1. The Morgan fingerprint density at radius 3 is 2.62 bits per heavy atom. The van der Waals surface area contributed by atoms with Crippen LogP contribution in [-0.4, -0.2) is 17.7 Å². The van der Waals surface area contributed by atoms with E-state index in [0.717, 1.165) is 18.4 Å². The van der Waals surface area contributed by atoms with Gasteiger partial charge >= 0.3 is 6.03 Å². The predicted octanol–water partition coefficient (Wildman–Crippen LogP) is 3.25. The van der Waals surface area contributed by atoms with E-state index in [1.54, 1.807) is 19.1 Å². The van der Waals surface area contributed by atoms with Crippen molar-refractivity contribution >= 4 is 6.03 Å². The van der Waals surface area contributed by atoms with Gasteiger partial charge in [-0.15, -0.1) is 0 Å². The fourth-order valence-electron chi connectivity index (χ4n) is 2.79. The fourth-order valence-corrected chi connectivity index (χ4v) is 2.79. The van der Waals surface area contributed by atoms with Crippen molar-refractivity contribution in [2.45, 2.75) is 38.3 Å². The molecule has 128 valence electrons. The Morgan fingerprint density at radius 1 is 1.33 bits per heavy atom. The van der Waals surface area contributed by atoms with E-state index in [0.29, 0.717) is 11.7 Å². The largest absolute Gasteiger partial charge is 0.466 e. The maximum Gasteiger partial charge on any atom is 0.315 e. The predicted molar refractivity (Wildman–Crippen MR) is 91.5 cm³/mol. The highest BCUT2D eigenvalue weighted by Crippen LogP contribution is 2.41. The number of aliphatic hydroxyl groups is 1. The molecule has 5 heteroatoms. The van der Waals surface area contributed by atoms with Crippen molar-refractivity contribution in [1.82, 2.24) is 10.6 Å². The van der Waals surface area contributed by atoms with Gasteiger partial charge in [0, 0.05) is 0 Å². The van der Waals surface area contributed by atoms with Gasteiger partial charge in [-0.2, -0.15) is 0 Å². The van der Waals surface area contributed by atoms with Gasteiger partial charge in [-0.25, -0.2) is 4.79 Å². The van der Waals surface area contributed by atoms with E-state index in [1.165, 1.54) is 11.8 Å². The van der Waals surface area contributed by atoms with Crippen molar-refractivity contribution < 1.29 is 14.3 Å². The second kappa shape index (κ2) is 6.69. The highest BCUT2D eigenvalue weighted by Gasteiger charge is 2.34. The number of urea groups is 1. The SMILES string of the molecule is Cc1ccc(C(NC(=O)NCC(C)(O)c2ccco2)C2CC2)cc1. The number of benzene rings is 1. The third-order valence-corrected chi connectivity index (χ3v) is 4.46. The lowest BCUT2D eigenvalue weighted by atomic mass is 10.0. The fraction of sp³-hybridized carbons (Fsp3) is 0.421. The van der Waals surface area contributed by atoms with Crippen LogP contribution in [0, 0.1) is 12.8 Å². The normalized spacial score (nSPS) is 17.8. The van der Waals surface area contributed by atoms with Crippen molar-refractivity contribution in [3.05, 3.63) is 59.5 Å². The van der Waals surface area contributed by atoms with E-state index in [9.17, 15) is 9.90 Å². The summed E-state index contributed by atoms with van der Waals surface area (Å²) in [5, 5.41) is 16.2. The number of hydrogen-bond acceptors (Lipinski definition) is 3. The van der Waals surface area contributed by atoms with E-state index >= 15 is 0 Å². The Balaban J connectivity index is 1.59. The molecule has 2 aromatic rings. The molecule has 1 aromatic heterocycles. The Bertz CT molecular complexity index is 673. The number of nitrogens with one attached hydrogen (secondary N) is 2. The van der Waals surface area contributed by atoms with Crippen LogP contribution >= 0.6 is 0 Å². The molecule has 1 saturated carbocycles. The molecule has 1 heterocycles. The zero-order chi connectivity index (χ0) is 17.2. The summed E-state index contributed by atoms with van der Waals surface area (Å²) in [7, 11) is 0. The van der Waals surface area contributed by atoms with E-state index in [2.05, 4.69) is 34.9 Å². The Labute approximate surface area is 142 Å². The van der Waals surface area contributed by atoms with Gasteiger partial charge in [0.25, 0.3) is 0 Å². The highest BCUT2D eigenvalue weighted by molar-refractivity contribution is 5.74. The van der Waals surface area contributed by atoms with Crippen molar-refractivity contribution in [2.75, 3.05) is 6.54 Å².